The Morgan fingerprint density at radius 2 is 1.84 bits per heavy atom. The molecule has 3 aromatic rings. The van der Waals surface area contributed by atoms with Crippen molar-refractivity contribution >= 4 is 40.9 Å². The Kier molecular flexibility index (Phi) is 6.64. The first-order chi connectivity index (χ1) is 15.0. The molecule has 0 unspecified atom stereocenters. The molecule has 1 heterocycles. The molecular formula is C25H23ClN2O2S. The van der Waals surface area contributed by atoms with Gasteiger partial charge in [-0.25, -0.2) is 0 Å². The van der Waals surface area contributed by atoms with Crippen LogP contribution in [0.2, 0.25) is 5.02 Å². The van der Waals surface area contributed by atoms with Crippen molar-refractivity contribution in [3.05, 3.63) is 100 Å². The van der Waals surface area contributed by atoms with Crippen molar-refractivity contribution < 1.29 is 9.59 Å². The number of amides is 2. The maximum atomic E-state index is 12.7. The molecule has 0 spiro atoms. The first-order valence-electron chi connectivity index (χ1n) is 10.1. The van der Waals surface area contributed by atoms with Crippen LogP contribution in [-0.2, 0) is 11.2 Å². The third-order valence-corrected chi connectivity index (χ3v) is 6.85. The van der Waals surface area contributed by atoms with Gasteiger partial charge in [0.2, 0.25) is 5.91 Å². The molecule has 31 heavy (non-hydrogen) atoms. The third-order valence-electron chi connectivity index (χ3n) is 5.36. The van der Waals surface area contributed by atoms with Gasteiger partial charge in [-0.15, -0.1) is 11.8 Å². The van der Waals surface area contributed by atoms with Crippen LogP contribution >= 0.6 is 23.4 Å². The first kappa shape index (κ1) is 21.5. The summed E-state index contributed by atoms with van der Waals surface area (Å²) < 4.78 is 0. The van der Waals surface area contributed by atoms with Gasteiger partial charge in [0.25, 0.3) is 5.91 Å². The van der Waals surface area contributed by atoms with Gasteiger partial charge in [0.1, 0.15) is 5.37 Å². The molecule has 0 aromatic heterocycles. The van der Waals surface area contributed by atoms with E-state index < -0.39 is 0 Å². The molecule has 1 atom stereocenters. The molecule has 1 N–H and O–H groups in total. The average molecular weight is 451 g/mol. The van der Waals surface area contributed by atoms with Gasteiger partial charge in [-0.2, -0.15) is 0 Å². The first-order valence-corrected chi connectivity index (χ1v) is 11.6. The number of halogens is 1. The SMILES string of the molecule is Cc1ccc(Cl)cc1NC(=O)c1ccc([C@@H]2SCC(=O)N2CCc2ccccc2)cc1. The lowest BCUT2D eigenvalue weighted by Gasteiger charge is -2.24. The zero-order valence-corrected chi connectivity index (χ0v) is 18.7. The van der Waals surface area contributed by atoms with E-state index in [9.17, 15) is 9.59 Å². The number of nitrogens with zero attached hydrogens (tertiary/aromatic N) is 1. The minimum atomic E-state index is -0.187. The minimum Gasteiger partial charge on any atom is -0.326 e. The molecule has 3 aromatic carbocycles. The smallest absolute Gasteiger partial charge is 0.255 e. The monoisotopic (exact) mass is 450 g/mol. The van der Waals surface area contributed by atoms with Crippen LogP contribution in [0.4, 0.5) is 5.69 Å². The highest BCUT2D eigenvalue weighted by Gasteiger charge is 2.32. The Morgan fingerprint density at radius 3 is 2.58 bits per heavy atom. The molecule has 4 nitrogen and oxygen atoms in total. The summed E-state index contributed by atoms with van der Waals surface area (Å²) in [5, 5.41) is 3.47. The fourth-order valence-corrected chi connectivity index (χ4v) is 4.98. The summed E-state index contributed by atoms with van der Waals surface area (Å²) in [4.78, 5) is 27.0. The normalized spacial score (nSPS) is 15.9. The van der Waals surface area contributed by atoms with Crippen molar-refractivity contribution in [2.24, 2.45) is 0 Å². The quantitative estimate of drug-likeness (QED) is 0.522. The zero-order valence-electron chi connectivity index (χ0n) is 17.2. The van der Waals surface area contributed by atoms with E-state index in [4.69, 9.17) is 11.6 Å². The van der Waals surface area contributed by atoms with Gasteiger partial charge >= 0.3 is 0 Å². The molecule has 1 aliphatic heterocycles. The zero-order chi connectivity index (χ0) is 21.8. The molecule has 1 fully saturated rings. The van der Waals surface area contributed by atoms with E-state index in [1.165, 1.54) is 5.56 Å². The van der Waals surface area contributed by atoms with Gasteiger partial charge in [0, 0.05) is 22.8 Å². The van der Waals surface area contributed by atoms with Crippen LogP contribution in [0.3, 0.4) is 0 Å². The highest BCUT2D eigenvalue weighted by molar-refractivity contribution is 8.00. The van der Waals surface area contributed by atoms with Crippen LogP contribution in [0, 0.1) is 6.92 Å². The van der Waals surface area contributed by atoms with Gasteiger partial charge in [0.05, 0.1) is 5.75 Å². The fourth-order valence-electron chi connectivity index (χ4n) is 3.59. The molecule has 0 aliphatic carbocycles. The van der Waals surface area contributed by atoms with Crippen LogP contribution < -0.4 is 5.32 Å². The van der Waals surface area contributed by atoms with Crippen LogP contribution in [0.1, 0.15) is 32.4 Å². The van der Waals surface area contributed by atoms with Gasteiger partial charge < -0.3 is 10.2 Å². The van der Waals surface area contributed by atoms with Crippen LogP contribution in [0.15, 0.2) is 72.8 Å². The molecule has 2 amide bonds. The second kappa shape index (κ2) is 9.58. The summed E-state index contributed by atoms with van der Waals surface area (Å²) >= 11 is 7.67. The van der Waals surface area contributed by atoms with Crippen LogP contribution in [0.5, 0.6) is 0 Å². The Bertz CT molecular complexity index is 1090. The lowest BCUT2D eigenvalue weighted by Crippen LogP contribution is -2.30. The maximum Gasteiger partial charge on any atom is 0.255 e. The van der Waals surface area contributed by atoms with Crippen LogP contribution in [0.25, 0.3) is 0 Å². The molecular weight excluding hydrogens is 428 g/mol. The largest absolute Gasteiger partial charge is 0.326 e. The van der Waals surface area contributed by atoms with E-state index in [-0.39, 0.29) is 17.2 Å². The Morgan fingerprint density at radius 1 is 1.10 bits per heavy atom. The topological polar surface area (TPSA) is 49.4 Å². The number of carbonyl (C=O) groups is 2. The number of anilines is 1. The Hall–Kier alpha value is -2.76. The molecule has 1 saturated heterocycles. The van der Waals surface area contributed by atoms with Gasteiger partial charge in [-0.3, -0.25) is 9.59 Å². The van der Waals surface area contributed by atoms with Crippen molar-refractivity contribution in [3.8, 4) is 0 Å². The van der Waals surface area contributed by atoms with Crippen molar-refractivity contribution in [3.63, 3.8) is 0 Å². The number of aryl methyl sites for hydroxylation is 1. The summed E-state index contributed by atoms with van der Waals surface area (Å²) in [6.07, 6.45) is 0.823. The van der Waals surface area contributed by atoms with E-state index in [0.29, 0.717) is 28.6 Å². The summed E-state index contributed by atoms with van der Waals surface area (Å²) in [6.45, 7) is 2.60. The summed E-state index contributed by atoms with van der Waals surface area (Å²) in [6, 6.07) is 23.1. The fraction of sp³-hybridized carbons (Fsp3) is 0.200. The number of rotatable bonds is 6. The number of hydrogen-bond donors (Lipinski definition) is 1. The summed E-state index contributed by atoms with van der Waals surface area (Å²) in [7, 11) is 0. The molecule has 158 valence electrons. The standard InChI is InChI=1S/C25H23ClN2O2S/c1-17-7-12-21(26)15-22(17)27-24(30)19-8-10-20(11-9-19)25-28(23(29)16-31-25)14-13-18-5-3-2-4-6-18/h2-12,15,25H,13-14,16H2,1H3,(H,27,30)/t25-/m0/s1. The van der Waals surface area contributed by atoms with Crippen molar-refractivity contribution in [1.82, 2.24) is 4.90 Å². The molecule has 0 bridgehead atoms. The Balaban J connectivity index is 1.44. The van der Waals surface area contributed by atoms with Crippen LogP contribution in [-0.4, -0.2) is 29.0 Å². The van der Waals surface area contributed by atoms with E-state index in [2.05, 4.69) is 17.4 Å². The van der Waals surface area contributed by atoms with E-state index in [1.54, 1.807) is 23.9 Å². The predicted octanol–water partition coefficient (Wildman–Crippen LogP) is 5.72. The molecule has 1 aliphatic rings. The van der Waals surface area contributed by atoms with Crippen molar-refractivity contribution in [1.29, 1.82) is 0 Å². The molecule has 0 radical (unpaired) electrons. The highest BCUT2D eigenvalue weighted by atomic mass is 35.5. The average Bonchev–Trinajstić information content (AvgIpc) is 3.16. The number of nitrogens with one attached hydrogen (secondary N) is 1. The molecule has 6 heteroatoms. The number of carbonyl (C=O) groups excluding carboxylic acids is 2. The second-order valence-corrected chi connectivity index (χ2v) is 9.03. The van der Waals surface area contributed by atoms with Gasteiger partial charge in [-0.05, 0) is 54.3 Å². The van der Waals surface area contributed by atoms with Crippen molar-refractivity contribution in [2.45, 2.75) is 18.7 Å². The molecule has 0 saturated carbocycles. The highest BCUT2D eigenvalue weighted by Crippen LogP contribution is 2.38. The number of benzene rings is 3. The summed E-state index contributed by atoms with van der Waals surface area (Å²) in [5.74, 6) is 0.451. The summed E-state index contributed by atoms with van der Waals surface area (Å²) in [5.41, 5.74) is 4.46. The Labute approximate surface area is 191 Å². The lowest BCUT2D eigenvalue weighted by atomic mass is 10.1. The number of hydrogen-bond acceptors (Lipinski definition) is 3. The number of thioether (sulfide) groups is 1. The van der Waals surface area contributed by atoms with E-state index >= 15 is 0 Å². The maximum absolute atomic E-state index is 12.7. The minimum absolute atomic E-state index is 0.0245. The van der Waals surface area contributed by atoms with Gasteiger partial charge in [0.15, 0.2) is 0 Å². The van der Waals surface area contributed by atoms with E-state index in [1.807, 2.05) is 60.4 Å². The lowest BCUT2D eigenvalue weighted by molar-refractivity contribution is -0.128. The van der Waals surface area contributed by atoms with Gasteiger partial charge in [-0.1, -0.05) is 60.1 Å². The third kappa shape index (κ3) is 5.12. The predicted molar refractivity (Wildman–Crippen MR) is 128 cm³/mol. The van der Waals surface area contributed by atoms with Crippen molar-refractivity contribution in [2.75, 3.05) is 17.6 Å². The second-order valence-electron chi connectivity index (χ2n) is 7.52. The van der Waals surface area contributed by atoms with E-state index in [0.717, 1.165) is 17.5 Å². The molecule has 4 rings (SSSR count).